The number of hydrogen-bond donors (Lipinski definition) is 1. The molecular weight excluding hydrogens is 554 g/mol. The van der Waals surface area contributed by atoms with Gasteiger partial charge in [0.1, 0.15) is 5.82 Å². The predicted molar refractivity (Wildman–Crippen MR) is 137 cm³/mol. The van der Waals surface area contributed by atoms with E-state index >= 15 is 0 Å². The van der Waals surface area contributed by atoms with Crippen molar-refractivity contribution in [3.05, 3.63) is 80.3 Å². The van der Waals surface area contributed by atoms with Crippen LogP contribution in [0.4, 0.5) is 5.82 Å². The third-order valence-electron chi connectivity index (χ3n) is 5.84. The zero-order valence-electron chi connectivity index (χ0n) is 17.3. The topological polar surface area (TPSA) is 45.5 Å². The molecule has 32 heavy (non-hydrogen) atoms. The molecule has 3 heterocycles. The minimum atomic E-state index is 0.379. The van der Waals surface area contributed by atoms with Crippen molar-refractivity contribution >= 4 is 54.9 Å². The summed E-state index contributed by atoms with van der Waals surface area (Å²) in [6, 6.07) is 18.8. The summed E-state index contributed by atoms with van der Waals surface area (Å²) < 4.78 is 3.84. The zero-order valence-corrected chi connectivity index (χ0v) is 21.2. The van der Waals surface area contributed by atoms with Gasteiger partial charge in [-0.3, -0.25) is 4.90 Å². The van der Waals surface area contributed by atoms with Gasteiger partial charge in [-0.2, -0.15) is 9.61 Å². The Kier molecular flexibility index (Phi) is 6.51. The number of benzene rings is 2. The van der Waals surface area contributed by atoms with Gasteiger partial charge < -0.3 is 5.32 Å². The van der Waals surface area contributed by atoms with Crippen LogP contribution < -0.4 is 5.32 Å². The van der Waals surface area contributed by atoms with Crippen molar-refractivity contribution in [3.8, 4) is 11.3 Å². The van der Waals surface area contributed by atoms with Crippen LogP contribution in [-0.2, 0) is 6.54 Å². The fourth-order valence-corrected chi connectivity index (χ4v) is 4.98. The molecule has 1 aliphatic rings. The van der Waals surface area contributed by atoms with Gasteiger partial charge in [-0.25, -0.2) is 4.98 Å². The number of halogens is 3. The highest BCUT2D eigenvalue weighted by Crippen LogP contribution is 2.31. The average Bonchev–Trinajstić information content (AvgIpc) is 3.18. The Morgan fingerprint density at radius 3 is 2.53 bits per heavy atom. The van der Waals surface area contributed by atoms with E-state index in [0.29, 0.717) is 11.1 Å². The maximum atomic E-state index is 6.46. The molecule has 1 fully saturated rings. The third-order valence-corrected chi connectivity index (χ3v) is 7.26. The van der Waals surface area contributed by atoms with Crippen LogP contribution in [0.3, 0.4) is 0 Å². The van der Waals surface area contributed by atoms with E-state index in [2.05, 4.69) is 71.4 Å². The highest BCUT2D eigenvalue weighted by molar-refractivity contribution is 9.10. The number of aromatic nitrogens is 3. The second-order valence-electron chi connectivity index (χ2n) is 8.06. The Balaban J connectivity index is 1.33. The lowest BCUT2D eigenvalue weighted by atomic mass is 10.0. The van der Waals surface area contributed by atoms with Gasteiger partial charge in [0.25, 0.3) is 0 Å². The predicted octanol–water partition coefficient (Wildman–Crippen LogP) is 6.65. The Hall–Kier alpha value is -1.93. The maximum Gasteiger partial charge on any atom is 0.172 e. The molecule has 0 radical (unpaired) electrons. The van der Waals surface area contributed by atoms with E-state index in [1.54, 1.807) is 6.20 Å². The molecule has 0 saturated carbocycles. The molecule has 4 aromatic rings. The third kappa shape index (κ3) is 4.71. The molecule has 0 atom stereocenters. The number of rotatable bonds is 5. The molecule has 1 aliphatic heterocycles. The van der Waals surface area contributed by atoms with Gasteiger partial charge in [0.2, 0.25) is 0 Å². The van der Waals surface area contributed by atoms with E-state index in [0.717, 1.165) is 64.1 Å². The van der Waals surface area contributed by atoms with Crippen molar-refractivity contribution in [1.82, 2.24) is 19.5 Å². The van der Waals surface area contributed by atoms with Crippen LogP contribution in [0.25, 0.3) is 16.9 Å². The maximum absolute atomic E-state index is 6.46. The highest BCUT2D eigenvalue weighted by Gasteiger charge is 2.21. The van der Waals surface area contributed by atoms with Crippen molar-refractivity contribution in [2.24, 2.45) is 0 Å². The van der Waals surface area contributed by atoms with Crippen LogP contribution >= 0.6 is 43.5 Å². The first-order valence-electron chi connectivity index (χ1n) is 10.6. The van der Waals surface area contributed by atoms with E-state index in [-0.39, 0.29) is 0 Å². The van der Waals surface area contributed by atoms with E-state index < -0.39 is 0 Å². The fraction of sp³-hybridized carbons (Fsp3) is 0.250. The van der Waals surface area contributed by atoms with Crippen molar-refractivity contribution in [1.29, 1.82) is 0 Å². The molecule has 0 aliphatic carbocycles. The number of nitrogens with one attached hydrogen (secondary N) is 1. The first-order valence-corrected chi connectivity index (χ1v) is 12.6. The van der Waals surface area contributed by atoms with Gasteiger partial charge in [0.15, 0.2) is 5.65 Å². The summed E-state index contributed by atoms with van der Waals surface area (Å²) in [7, 11) is 0. The Labute approximate surface area is 209 Å². The molecule has 0 unspecified atom stereocenters. The normalized spacial score (nSPS) is 15.3. The first kappa shape index (κ1) is 21.9. The van der Waals surface area contributed by atoms with Crippen LogP contribution in [0.2, 0.25) is 5.02 Å². The minimum absolute atomic E-state index is 0.379. The van der Waals surface area contributed by atoms with Crippen molar-refractivity contribution in [2.75, 3.05) is 18.4 Å². The molecule has 8 heteroatoms. The zero-order chi connectivity index (χ0) is 22.1. The molecular formula is C24H22Br2ClN5. The second-order valence-corrected chi connectivity index (χ2v) is 10.2. The lowest BCUT2D eigenvalue weighted by Crippen LogP contribution is -2.39. The van der Waals surface area contributed by atoms with Crippen molar-refractivity contribution in [3.63, 3.8) is 0 Å². The standard InChI is InChI=1S/C24H22Br2ClN5/c25-17-7-5-16(6-8-17)15-31-11-9-18(10-12-31)29-23-13-22(19-3-1-2-4-21(19)27)30-24-20(26)14-28-32(23)24/h1-8,13-14,18,29H,9-12,15H2. The van der Waals surface area contributed by atoms with Crippen LogP contribution in [0.5, 0.6) is 0 Å². The molecule has 2 aromatic heterocycles. The van der Waals surface area contributed by atoms with E-state index in [4.69, 9.17) is 16.6 Å². The van der Waals surface area contributed by atoms with Crippen LogP contribution in [0, 0.1) is 0 Å². The Morgan fingerprint density at radius 1 is 1.03 bits per heavy atom. The molecule has 164 valence electrons. The number of likely N-dealkylation sites (tertiary alicyclic amines) is 1. The molecule has 2 aromatic carbocycles. The summed E-state index contributed by atoms with van der Waals surface area (Å²) >= 11 is 13.5. The highest BCUT2D eigenvalue weighted by atomic mass is 79.9. The van der Waals surface area contributed by atoms with E-state index in [1.165, 1.54) is 5.56 Å². The summed E-state index contributed by atoms with van der Waals surface area (Å²) in [5, 5.41) is 8.93. The monoisotopic (exact) mass is 573 g/mol. The quantitative estimate of drug-likeness (QED) is 0.289. The van der Waals surface area contributed by atoms with Crippen LogP contribution in [-0.4, -0.2) is 38.6 Å². The van der Waals surface area contributed by atoms with Gasteiger partial charge in [-0.05, 0) is 52.5 Å². The molecule has 1 N–H and O–H groups in total. The SMILES string of the molecule is Clc1ccccc1-c1cc(NC2CCN(Cc3ccc(Br)cc3)CC2)n2ncc(Br)c2n1. The molecule has 5 rings (SSSR count). The van der Waals surface area contributed by atoms with Crippen molar-refractivity contribution in [2.45, 2.75) is 25.4 Å². The van der Waals surface area contributed by atoms with Gasteiger partial charge >= 0.3 is 0 Å². The smallest absolute Gasteiger partial charge is 0.172 e. The molecule has 0 amide bonds. The largest absolute Gasteiger partial charge is 0.367 e. The molecule has 0 bridgehead atoms. The van der Waals surface area contributed by atoms with Crippen molar-refractivity contribution < 1.29 is 0 Å². The van der Waals surface area contributed by atoms with Gasteiger partial charge in [0.05, 0.1) is 16.4 Å². The molecule has 0 spiro atoms. The second kappa shape index (κ2) is 9.51. The summed E-state index contributed by atoms with van der Waals surface area (Å²) in [6.45, 7) is 3.10. The minimum Gasteiger partial charge on any atom is -0.367 e. The number of anilines is 1. The lowest BCUT2D eigenvalue weighted by molar-refractivity contribution is 0.211. The first-order chi connectivity index (χ1) is 15.6. The fourth-order valence-electron chi connectivity index (χ4n) is 4.14. The number of nitrogens with zero attached hydrogens (tertiary/aromatic N) is 4. The average molecular weight is 576 g/mol. The number of fused-ring (bicyclic) bond motifs is 1. The number of hydrogen-bond acceptors (Lipinski definition) is 4. The van der Waals surface area contributed by atoms with Crippen LogP contribution in [0.15, 0.2) is 69.7 Å². The Bertz CT molecular complexity index is 1230. The van der Waals surface area contributed by atoms with Gasteiger partial charge in [-0.1, -0.05) is 57.9 Å². The number of piperidine rings is 1. The van der Waals surface area contributed by atoms with Gasteiger partial charge in [-0.15, -0.1) is 0 Å². The van der Waals surface area contributed by atoms with E-state index in [1.807, 2.05) is 34.8 Å². The van der Waals surface area contributed by atoms with E-state index in [9.17, 15) is 0 Å². The van der Waals surface area contributed by atoms with Gasteiger partial charge in [0, 0.05) is 46.8 Å². The molecule has 5 nitrogen and oxygen atoms in total. The summed E-state index contributed by atoms with van der Waals surface area (Å²) in [6.07, 6.45) is 3.93. The Morgan fingerprint density at radius 2 is 1.78 bits per heavy atom. The molecule has 1 saturated heterocycles. The summed E-state index contributed by atoms with van der Waals surface area (Å²) in [4.78, 5) is 7.32. The van der Waals surface area contributed by atoms with Crippen LogP contribution in [0.1, 0.15) is 18.4 Å². The lowest BCUT2D eigenvalue weighted by Gasteiger charge is -2.33. The summed E-state index contributed by atoms with van der Waals surface area (Å²) in [5.74, 6) is 0.932. The summed E-state index contributed by atoms with van der Waals surface area (Å²) in [5.41, 5.74) is 3.87.